The first-order chi connectivity index (χ1) is 7.72. The first-order valence-electron chi connectivity index (χ1n) is 6.46. The van der Waals surface area contributed by atoms with Crippen molar-refractivity contribution in [2.45, 2.75) is 53.6 Å². The topological polar surface area (TPSA) is 43.4 Å². The second kappa shape index (κ2) is 3.56. The number of ketones is 1. The van der Waals surface area contributed by atoms with E-state index in [9.17, 15) is 9.59 Å². The van der Waals surface area contributed by atoms with Crippen LogP contribution in [0.3, 0.4) is 0 Å². The van der Waals surface area contributed by atoms with Gasteiger partial charge in [0.1, 0.15) is 5.92 Å². The second-order valence-corrected chi connectivity index (χ2v) is 6.53. The third-order valence-corrected chi connectivity index (χ3v) is 5.14. The van der Waals surface area contributed by atoms with Crippen LogP contribution < -0.4 is 0 Å². The van der Waals surface area contributed by atoms with Crippen molar-refractivity contribution in [3.63, 3.8) is 0 Å². The third-order valence-electron chi connectivity index (χ3n) is 5.14. The molecule has 2 bridgehead atoms. The van der Waals surface area contributed by atoms with Gasteiger partial charge >= 0.3 is 5.97 Å². The fourth-order valence-electron chi connectivity index (χ4n) is 3.66. The molecular weight excluding hydrogens is 216 g/mol. The Morgan fingerprint density at radius 1 is 1.35 bits per heavy atom. The normalized spacial score (nSPS) is 38.8. The van der Waals surface area contributed by atoms with Crippen LogP contribution in [0.5, 0.6) is 0 Å². The number of Topliss-reactive ketones (excluding diaryl/α,β-unsaturated/α-hetero) is 1. The highest BCUT2D eigenvalue weighted by Gasteiger charge is 2.68. The zero-order valence-electron chi connectivity index (χ0n) is 11.4. The van der Waals surface area contributed by atoms with Gasteiger partial charge in [-0.3, -0.25) is 9.59 Å². The zero-order chi connectivity index (χ0) is 13.0. The average Bonchev–Trinajstić information content (AvgIpc) is 2.48. The summed E-state index contributed by atoms with van der Waals surface area (Å²) in [7, 11) is 0. The van der Waals surface area contributed by atoms with E-state index in [0.29, 0.717) is 0 Å². The molecule has 0 heterocycles. The van der Waals surface area contributed by atoms with Gasteiger partial charge in [-0.05, 0) is 38.0 Å². The van der Waals surface area contributed by atoms with Crippen molar-refractivity contribution in [2.24, 2.45) is 22.7 Å². The summed E-state index contributed by atoms with van der Waals surface area (Å²) in [5.74, 6) is -0.576. The maximum atomic E-state index is 12.4. The van der Waals surface area contributed by atoms with Crippen molar-refractivity contribution >= 4 is 11.8 Å². The van der Waals surface area contributed by atoms with Crippen molar-refractivity contribution in [3.05, 3.63) is 0 Å². The van der Waals surface area contributed by atoms with Gasteiger partial charge in [0.25, 0.3) is 0 Å². The van der Waals surface area contributed by atoms with E-state index < -0.39 is 5.92 Å². The first kappa shape index (κ1) is 12.6. The molecule has 17 heavy (non-hydrogen) atoms. The monoisotopic (exact) mass is 238 g/mol. The number of carbonyl (C=O) groups is 2. The van der Waals surface area contributed by atoms with E-state index >= 15 is 0 Å². The van der Waals surface area contributed by atoms with Crippen LogP contribution in [-0.2, 0) is 14.3 Å². The van der Waals surface area contributed by atoms with Crippen LogP contribution in [0.4, 0.5) is 0 Å². The predicted octanol–water partition coefficient (Wildman–Crippen LogP) is 2.58. The molecule has 0 aromatic rings. The van der Waals surface area contributed by atoms with Crippen LogP contribution in [0, 0.1) is 22.7 Å². The van der Waals surface area contributed by atoms with Crippen LogP contribution in [0.1, 0.15) is 47.5 Å². The second-order valence-electron chi connectivity index (χ2n) is 6.53. The van der Waals surface area contributed by atoms with E-state index in [2.05, 4.69) is 13.8 Å². The van der Waals surface area contributed by atoms with Crippen LogP contribution in [0.25, 0.3) is 0 Å². The van der Waals surface area contributed by atoms with E-state index in [1.54, 1.807) is 0 Å². The molecule has 2 saturated carbocycles. The molecule has 0 aromatic carbocycles. The summed E-state index contributed by atoms with van der Waals surface area (Å²) in [4.78, 5) is 24.5. The number of ether oxygens (including phenoxy) is 1. The van der Waals surface area contributed by atoms with Gasteiger partial charge in [-0.25, -0.2) is 0 Å². The van der Waals surface area contributed by atoms with E-state index in [0.717, 1.165) is 12.8 Å². The van der Waals surface area contributed by atoms with Crippen LogP contribution in [0.15, 0.2) is 0 Å². The van der Waals surface area contributed by atoms with Gasteiger partial charge in [0.2, 0.25) is 0 Å². The Morgan fingerprint density at radius 3 is 2.35 bits per heavy atom. The van der Waals surface area contributed by atoms with E-state index in [-0.39, 0.29) is 34.6 Å². The smallest absolute Gasteiger partial charge is 0.317 e. The van der Waals surface area contributed by atoms with Crippen LogP contribution in [0.2, 0.25) is 0 Å². The van der Waals surface area contributed by atoms with Crippen molar-refractivity contribution in [1.29, 1.82) is 0 Å². The minimum atomic E-state index is -0.522. The predicted molar refractivity (Wildman–Crippen MR) is 64.3 cm³/mol. The number of rotatable bonds is 2. The van der Waals surface area contributed by atoms with E-state index in [4.69, 9.17) is 4.74 Å². The zero-order valence-corrected chi connectivity index (χ0v) is 11.4. The van der Waals surface area contributed by atoms with Crippen LogP contribution >= 0.6 is 0 Å². The van der Waals surface area contributed by atoms with Gasteiger partial charge in [0.15, 0.2) is 5.78 Å². The Kier molecular flexibility index (Phi) is 2.64. The lowest BCUT2D eigenvalue weighted by Crippen LogP contribution is -2.36. The highest BCUT2D eigenvalue weighted by molar-refractivity contribution is 6.05. The summed E-state index contributed by atoms with van der Waals surface area (Å²) in [6.07, 6.45) is 1.73. The molecule has 2 aliphatic rings. The average molecular weight is 238 g/mol. The molecule has 2 fully saturated rings. The molecule has 96 valence electrons. The molecule has 3 nitrogen and oxygen atoms in total. The molecule has 3 heteroatoms. The highest BCUT2D eigenvalue weighted by Crippen LogP contribution is 2.65. The molecule has 0 unspecified atom stereocenters. The summed E-state index contributed by atoms with van der Waals surface area (Å²) in [6, 6.07) is 0. The van der Waals surface area contributed by atoms with Gasteiger partial charge in [0.05, 0.1) is 6.10 Å². The Balaban J connectivity index is 2.29. The van der Waals surface area contributed by atoms with Crippen molar-refractivity contribution in [3.8, 4) is 0 Å². The quantitative estimate of drug-likeness (QED) is 0.548. The summed E-state index contributed by atoms with van der Waals surface area (Å²) in [5, 5.41) is 0. The molecule has 2 aliphatic carbocycles. The SMILES string of the molecule is CC(C)OC(=O)[C@@H]1C(=O)[C@]2(C)CC[C@H]1C2(C)C. The Morgan fingerprint density at radius 2 is 1.94 bits per heavy atom. The first-order valence-corrected chi connectivity index (χ1v) is 6.46. The summed E-state index contributed by atoms with van der Waals surface area (Å²) in [6.45, 7) is 9.89. The van der Waals surface area contributed by atoms with Crippen molar-refractivity contribution in [2.75, 3.05) is 0 Å². The minimum absolute atomic E-state index is 0.0786. The summed E-state index contributed by atoms with van der Waals surface area (Å²) >= 11 is 0. The molecule has 0 saturated heterocycles. The molecule has 0 amide bonds. The summed E-state index contributed by atoms with van der Waals surface area (Å²) in [5.41, 5.74) is -0.414. The number of carbonyl (C=O) groups excluding carboxylic acids is 2. The lowest BCUT2D eigenvalue weighted by Gasteiger charge is -2.32. The largest absolute Gasteiger partial charge is 0.462 e. The maximum Gasteiger partial charge on any atom is 0.317 e. The Labute approximate surface area is 103 Å². The lowest BCUT2D eigenvalue weighted by atomic mass is 9.70. The minimum Gasteiger partial charge on any atom is -0.462 e. The number of hydrogen-bond donors (Lipinski definition) is 0. The van der Waals surface area contributed by atoms with E-state index in [1.807, 2.05) is 20.8 Å². The van der Waals surface area contributed by atoms with Gasteiger partial charge < -0.3 is 4.74 Å². The van der Waals surface area contributed by atoms with Gasteiger partial charge in [0, 0.05) is 5.41 Å². The fourth-order valence-corrected chi connectivity index (χ4v) is 3.66. The Hall–Kier alpha value is -0.860. The van der Waals surface area contributed by atoms with Crippen LogP contribution in [-0.4, -0.2) is 17.9 Å². The van der Waals surface area contributed by atoms with Gasteiger partial charge in [-0.1, -0.05) is 20.8 Å². The molecular formula is C14H22O3. The molecule has 2 rings (SSSR count). The number of hydrogen-bond acceptors (Lipinski definition) is 3. The molecule has 0 spiro atoms. The number of esters is 1. The number of fused-ring (bicyclic) bond motifs is 2. The van der Waals surface area contributed by atoms with E-state index in [1.165, 1.54) is 0 Å². The molecule has 3 atom stereocenters. The van der Waals surface area contributed by atoms with Crippen molar-refractivity contribution < 1.29 is 14.3 Å². The third kappa shape index (κ3) is 1.47. The highest BCUT2D eigenvalue weighted by atomic mass is 16.5. The molecule has 0 radical (unpaired) electrons. The molecule has 0 N–H and O–H groups in total. The standard InChI is InChI=1S/C14H22O3/c1-8(2)17-12(16)10-9-6-7-14(5,11(10)15)13(9,3)4/h8-10H,6-7H2,1-5H3/t9-,10+,14+/m1/s1. The van der Waals surface area contributed by atoms with Crippen molar-refractivity contribution in [1.82, 2.24) is 0 Å². The van der Waals surface area contributed by atoms with Gasteiger partial charge in [-0.15, -0.1) is 0 Å². The fraction of sp³-hybridized carbons (Fsp3) is 0.857. The molecule has 0 aliphatic heterocycles. The lowest BCUT2D eigenvalue weighted by molar-refractivity contribution is -0.158. The Bertz CT molecular complexity index is 370. The maximum absolute atomic E-state index is 12.4. The summed E-state index contributed by atoms with van der Waals surface area (Å²) < 4.78 is 5.24. The van der Waals surface area contributed by atoms with Gasteiger partial charge in [-0.2, -0.15) is 0 Å². The molecule has 0 aromatic heterocycles.